The van der Waals surface area contributed by atoms with Gasteiger partial charge in [-0.3, -0.25) is 4.79 Å². The summed E-state index contributed by atoms with van der Waals surface area (Å²) in [4.78, 5) is 16.5. The smallest absolute Gasteiger partial charge is 0.170 e. The number of aryl methyl sites for hydroxylation is 1. The van der Waals surface area contributed by atoms with Gasteiger partial charge in [-0.05, 0) is 24.6 Å². The molecule has 100 valence electrons. The highest BCUT2D eigenvalue weighted by atomic mass is 79.9. The second-order valence-corrected chi connectivity index (χ2v) is 6.13. The fraction of sp³-hybridized carbons (Fsp3) is 0.286. The molecule has 1 aromatic carbocycles. The lowest BCUT2D eigenvalue weighted by molar-refractivity contribution is 0.0989. The van der Waals surface area contributed by atoms with Gasteiger partial charge in [0.05, 0.1) is 6.42 Å². The molecule has 1 heterocycles. The van der Waals surface area contributed by atoms with Gasteiger partial charge in [-0.25, -0.2) is 4.98 Å². The molecule has 3 nitrogen and oxygen atoms in total. The Morgan fingerprint density at radius 2 is 1.95 bits per heavy atom. The molecule has 0 aliphatic heterocycles. The Kier molecular flexibility index (Phi) is 4.93. The second kappa shape index (κ2) is 6.48. The van der Waals surface area contributed by atoms with E-state index in [0.717, 1.165) is 27.7 Å². The average Bonchev–Trinajstić information content (AvgIpc) is 2.76. The molecule has 0 amide bonds. The normalized spacial score (nSPS) is 10.7. The van der Waals surface area contributed by atoms with Gasteiger partial charge in [0.1, 0.15) is 5.82 Å². The van der Waals surface area contributed by atoms with Crippen LogP contribution < -0.4 is 0 Å². The zero-order valence-electron chi connectivity index (χ0n) is 10.6. The van der Waals surface area contributed by atoms with E-state index in [4.69, 9.17) is 0 Å². The van der Waals surface area contributed by atoms with Crippen LogP contribution in [0.1, 0.15) is 29.5 Å². The van der Waals surface area contributed by atoms with Gasteiger partial charge in [-0.15, -0.1) is 0 Å². The van der Waals surface area contributed by atoms with Crippen molar-refractivity contribution in [2.24, 2.45) is 0 Å². The summed E-state index contributed by atoms with van der Waals surface area (Å²) < 4.78 is 3.81. The van der Waals surface area contributed by atoms with Crippen molar-refractivity contribution in [1.82, 2.24) is 9.55 Å². The third-order valence-corrected chi connectivity index (χ3v) is 3.69. The zero-order chi connectivity index (χ0) is 13.8. The number of carbonyl (C=O) groups is 1. The molecule has 0 aliphatic rings. The highest BCUT2D eigenvalue weighted by molar-refractivity contribution is 9.11. The van der Waals surface area contributed by atoms with E-state index in [-0.39, 0.29) is 5.78 Å². The van der Waals surface area contributed by atoms with Crippen LogP contribution >= 0.6 is 31.9 Å². The van der Waals surface area contributed by atoms with Crippen molar-refractivity contribution in [1.29, 1.82) is 0 Å². The summed E-state index contributed by atoms with van der Waals surface area (Å²) in [5, 5.41) is 0. The molecular weight excluding hydrogens is 372 g/mol. The van der Waals surface area contributed by atoms with Crippen molar-refractivity contribution < 1.29 is 4.79 Å². The van der Waals surface area contributed by atoms with E-state index in [9.17, 15) is 4.79 Å². The molecule has 0 fully saturated rings. The predicted molar refractivity (Wildman–Crippen MR) is 82.4 cm³/mol. The maximum Gasteiger partial charge on any atom is 0.170 e. The molecule has 1 aromatic heterocycles. The Morgan fingerprint density at radius 1 is 1.26 bits per heavy atom. The lowest BCUT2D eigenvalue weighted by atomic mass is 10.1. The van der Waals surface area contributed by atoms with Gasteiger partial charge in [0, 0.05) is 33.4 Å². The molecule has 19 heavy (non-hydrogen) atoms. The first-order chi connectivity index (χ1) is 9.10. The summed E-state index contributed by atoms with van der Waals surface area (Å²) in [6, 6.07) is 5.58. The average molecular weight is 386 g/mol. The van der Waals surface area contributed by atoms with Gasteiger partial charge in [0.15, 0.2) is 5.78 Å². The van der Waals surface area contributed by atoms with Crippen LogP contribution in [0.4, 0.5) is 0 Å². The van der Waals surface area contributed by atoms with E-state index in [1.165, 1.54) is 0 Å². The van der Waals surface area contributed by atoms with Crippen LogP contribution in [0.25, 0.3) is 0 Å². The molecule has 5 heteroatoms. The van der Waals surface area contributed by atoms with E-state index in [2.05, 4.69) is 43.8 Å². The molecule has 0 aliphatic carbocycles. The lowest BCUT2D eigenvalue weighted by Crippen LogP contribution is -2.10. The van der Waals surface area contributed by atoms with E-state index in [0.29, 0.717) is 12.0 Å². The van der Waals surface area contributed by atoms with Gasteiger partial charge < -0.3 is 4.57 Å². The summed E-state index contributed by atoms with van der Waals surface area (Å²) in [6.07, 6.45) is 5.02. The summed E-state index contributed by atoms with van der Waals surface area (Å²) in [7, 11) is 0. The van der Waals surface area contributed by atoms with Gasteiger partial charge in [0.2, 0.25) is 0 Å². The predicted octanol–water partition coefficient (Wildman–Crippen LogP) is 4.24. The number of imidazole rings is 1. The Bertz CT molecular complexity index is 573. The number of Topliss-reactive ketones (excluding diaryl/α,β-unsaturated/α-hetero) is 1. The number of benzene rings is 1. The highest BCUT2D eigenvalue weighted by Gasteiger charge is 2.12. The Labute approximate surface area is 129 Å². The van der Waals surface area contributed by atoms with Crippen LogP contribution in [-0.4, -0.2) is 15.3 Å². The third-order valence-electron chi connectivity index (χ3n) is 2.77. The highest BCUT2D eigenvalue weighted by Crippen LogP contribution is 2.21. The summed E-state index contributed by atoms with van der Waals surface area (Å²) in [5.41, 5.74) is 0.687. The molecule has 0 atom stereocenters. The van der Waals surface area contributed by atoms with Crippen LogP contribution in [0, 0.1) is 0 Å². The van der Waals surface area contributed by atoms with Gasteiger partial charge in [0.25, 0.3) is 0 Å². The van der Waals surface area contributed by atoms with Crippen LogP contribution in [-0.2, 0) is 13.0 Å². The molecular formula is C14H14Br2N2O. The quantitative estimate of drug-likeness (QED) is 0.721. The summed E-state index contributed by atoms with van der Waals surface area (Å²) >= 11 is 6.79. The summed E-state index contributed by atoms with van der Waals surface area (Å²) in [6.45, 7) is 3.00. The standard InChI is InChI=1S/C14H14Br2N2O/c1-2-4-18-5-3-17-14(18)9-13(19)10-6-11(15)8-12(16)7-10/h3,5-8H,2,4,9H2,1H3. The number of rotatable bonds is 5. The fourth-order valence-electron chi connectivity index (χ4n) is 1.91. The van der Waals surface area contributed by atoms with Crippen LogP contribution in [0.15, 0.2) is 39.5 Å². The number of nitrogens with zero attached hydrogens (tertiary/aromatic N) is 2. The molecule has 0 saturated carbocycles. The van der Waals surface area contributed by atoms with Crippen molar-refractivity contribution in [3.05, 3.63) is 50.9 Å². The van der Waals surface area contributed by atoms with Crippen molar-refractivity contribution in [2.45, 2.75) is 26.3 Å². The van der Waals surface area contributed by atoms with E-state index < -0.39 is 0 Å². The fourth-order valence-corrected chi connectivity index (χ4v) is 3.21. The van der Waals surface area contributed by atoms with Crippen molar-refractivity contribution in [3.63, 3.8) is 0 Å². The molecule has 0 radical (unpaired) electrons. The van der Waals surface area contributed by atoms with E-state index in [1.54, 1.807) is 6.20 Å². The van der Waals surface area contributed by atoms with E-state index >= 15 is 0 Å². The van der Waals surface area contributed by atoms with Crippen LogP contribution in [0.3, 0.4) is 0 Å². The van der Waals surface area contributed by atoms with Crippen molar-refractivity contribution in [2.75, 3.05) is 0 Å². The molecule has 2 rings (SSSR count). The Hall–Kier alpha value is -0.940. The molecule has 0 spiro atoms. The largest absolute Gasteiger partial charge is 0.335 e. The maximum atomic E-state index is 12.3. The van der Waals surface area contributed by atoms with Gasteiger partial charge in [-0.2, -0.15) is 0 Å². The first-order valence-electron chi connectivity index (χ1n) is 6.09. The van der Waals surface area contributed by atoms with Crippen LogP contribution in [0.5, 0.6) is 0 Å². The number of aromatic nitrogens is 2. The van der Waals surface area contributed by atoms with Gasteiger partial charge in [-0.1, -0.05) is 38.8 Å². The number of carbonyl (C=O) groups excluding carboxylic acids is 1. The maximum absolute atomic E-state index is 12.3. The van der Waals surface area contributed by atoms with E-state index in [1.807, 2.05) is 29.0 Å². The molecule has 0 unspecified atom stereocenters. The SMILES string of the molecule is CCCn1ccnc1CC(=O)c1cc(Br)cc(Br)c1. The zero-order valence-corrected chi connectivity index (χ0v) is 13.7. The topological polar surface area (TPSA) is 34.9 Å². The minimum atomic E-state index is 0.0746. The number of ketones is 1. The lowest BCUT2D eigenvalue weighted by Gasteiger charge is -2.06. The minimum Gasteiger partial charge on any atom is -0.335 e. The first kappa shape index (κ1) is 14.5. The minimum absolute atomic E-state index is 0.0746. The molecule has 2 aromatic rings. The molecule has 0 saturated heterocycles. The number of halogens is 2. The third kappa shape index (κ3) is 3.76. The van der Waals surface area contributed by atoms with Crippen LogP contribution in [0.2, 0.25) is 0 Å². The first-order valence-corrected chi connectivity index (χ1v) is 7.68. The molecule has 0 N–H and O–H groups in total. The van der Waals surface area contributed by atoms with Crippen molar-refractivity contribution in [3.8, 4) is 0 Å². The Balaban J connectivity index is 2.18. The number of hydrogen-bond acceptors (Lipinski definition) is 2. The number of hydrogen-bond donors (Lipinski definition) is 0. The monoisotopic (exact) mass is 384 g/mol. The summed E-state index contributed by atoms with van der Waals surface area (Å²) in [5.74, 6) is 0.897. The van der Waals surface area contributed by atoms with Gasteiger partial charge >= 0.3 is 0 Å². The van der Waals surface area contributed by atoms with Crippen molar-refractivity contribution >= 4 is 37.6 Å². The Morgan fingerprint density at radius 3 is 2.58 bits per heavy atom. The second-order valence-electron chi connectivity index (χ2n) is 4.29. The molecule has 0 bridgehead atoms.